The summed E-state index contributed by atoms with van der Waals surface area (Å²) in [4.78, 5) is 21.5. The molecule has 0 spiro atoms. The normalized spacial score (nSPS) is 15.6. The van der Waals surface area contributed by atoms with Gasteiger partial charge in [0.15, 0.2) is 0 Å². The zero-order valence-corrected chi connectivity index (χ0v) is 20.8. The molecule has 3 rings (SSSR count). The summed E-state index contributed by atoms with van der Waals surface area (Å²) in [5, 5.41) is 10.2. The molecule has 7 nitrogen and oxygen atoms in total. The number of nitrogens with one attached hydrogen (secondary N) is 2. The number of carboxylic acids is 1. The average molecular weight is 571 g/mol. The Labute approximate surface area is 201 Å². The van der Waals surface area contributed by atoms with Crippen LogP contribution in [0.2, 0.25) is 0 Å². The van der Waals surface area contributed by atoms with Crippen LogP contribution in [-0.2, 0) is 25.0 Å². The quantitative estimate of drug-likeness (QED) is 0.438. The second-order valence-corrected chi connectivity index (χ2v) is 11.8. The second kappa shape index (κ2) is 10.4. The first-order chi connectivity index (χ1) is 15.2. The van der Waals surface area contributed by atoms with Gasteiger partial charge in [0.1, 0.15) is 4.21 Å². The minimum absolute atomic E-state index is 0.0589. The first-order valence-corrected chi connectivity index (χ1v) is 12.8. The Bertz CT molecular complexity index is 1100. The van der Waals surface area contributed by atoms with Crippen molar-refractivity contribution in [3.63, 3.8) is 0 Å². The number of amides is 1. The Morgan fingerprint density at radius 3 is 2.12 bits per heavy atom. The predicted octanol–water partition coefficient (Wildman–Crippen LogP) is 4.89. The number of hydrogen-bond donors (Lipinski definition) is 3. The van der Waals surface area contributed by atoms with Crippen molar-refractivity contribution in [2.45, 2.75) is 55.0 Å². The lowest BCUT2D eigenvalue weighted by Crippen LogP contribution is -2.39. The zero-order valence-electron chi connectivity index (χ0n) is 17.6. The number of rotatable bonds is 7. The molecule has 0 aliphatic heterocycles. The maximum absolute atomic E-state index is 12.6. The smallest absolute Gasteiger partial charge is 0.475 e. The summed E-state index contributed by atoms with van der Waals surface area (Å²) < 4.78 is 60.1. The highest BCUT2D eigenvalue weighted by atomic mass is 79.9. The van der Waals surface area contributed by atoms with E-state index in [1.54, 1.807) is 24.3 Å². The van der Waals surface area contributed by atoms with Crippen LogP contribution in [0.15, 0.2) is 44.4 Å². The molecule has 1 aromatic heterocycles. The van der Waals surface area contributed by atoms with Gasteiger partial charge in [0.2, 0.25) is 5.91 Å². The molecule has 3 N–H and O–H groups in total. The van der Waals surface area contributed by atoms with Crippen molar-refractivity contribution in [1.29, 1.82) is 0 Å². The van der Waals surface area contributed by atoms with Crippen molar-refractivity contribution in [1.82, 2.24) is 5.32 Å². The van der Waals surface area contributed by atoms with Crippen molar-refractivity contribution < 1.29 is 36.3 Å². The fourth-order valence-corrected chi connectivity index (χ4v) is 5.81. The summed E-state index contributed by atoms with van der Waals surface area (Å²) in [5.41, 5.74) is 0.955. The number of anilines is 1. The fourth-order valence-electron chi connectivity index (χ4n) is 2.74. The number of benzene rings is 1. The van der Waals surface area contributed by atoms with E-state index in [-0.39, 0.29) is 16.2 Å². The van der Waals surface area contributed by atoms with Crippen LogP contribution < -0.4 is 10.0 Å². The third-order valence-corrected chi connectivity index (χ3v) is 8.42. The number of aliphatic carboxylic acids is 1. The Kier molecular flexibility index (Phi) is 8.57. The largest absolute Gasteiger partial charge is 0.490 e. The van der Waals surface area contributed by atoms with Gasteiger partial charge in [0, 0.05) is 11.7 Å². The predicted molar refractivity (Wildman–Crippen MR) is 122 cm³/mol. The lowest BCUT2D eigenvalue weighted by Gasteiger charge is -2.19. The number of sulfonamides is 1. The number of carbonyl (C=O) groups excluding carboxylic acids is 1. The van der Waals surface area contributed by atoms with Gasteiger partial charge >= 0.3 is 12.1 Å². The molecule has 1 aliphatic carbocycles. The highest BCUT2D eigenvalue weighted by Gasteiger charge is 2.51. The Balaban J connectivity index is 0.000000479. The van der Waals surface area contributed by atoms with E-state index in [0.717, 1.165) is 39.9 Å². The number of alkyl halides is 3. The fraction of sp³-hybridized carbons (Fsp3) is 0.400. The third kappa shape index (κ3) is 7.18. The van der Waals surface area contributed by atoms with Crippen molar-refractivity contribution >= 4 is 54.9 Å². The molecule has 0 saturated heterocycles. The molecule has 1 unspecified atom stereocenters. The van der Waals surface area contributed by atoms with Crippen LogP contribution in [0.5, 0.6) is 0 Å². The summed E-state index contributed by atoms with van der Waals surface area (Å²) >= 11 is 4.43. The maximum Gasteiger partial charge on any atom is 0.490 e. The van der Waals surface area contributed by atoms with Gasteiger partial charge in [0.25, 0.3) is 10.0 Å². The molecule has 0 bridgehead atoms. The van der Waals surface area contributed by atoms with Gasteiger partial charge in [-0.15, -0.1) is 11.3 Å². The van der Waals surface area contributed by atoms with Crippen molar-refractivity contribution in [2.24, 2.45) is 0 Å². The van der Waals surface area contributed by atoms with E-state index in [1.165, 1.54) is 0 Å². The molecule has 1 fully saturated rings. The van der Waals surface area contributed by atoms with E-state index >= 15 is 0 Å². The molecule has 13 heteroatoms. The van der Waals surface area contributed by atoms with Crippen molar-refractivity contribution in [3.05, 3.63) is 45.7 Å². The molecule has 182 valence electrons. The zero-order chi connectivity index (χ0) is 25.0. The van der Waals surface area contributed by atoms with Crippen LogP contribution in [0, 0.1) is 0 Å². The molecule has 33 heavy (non-hydrogen) atoms. The SMILES string of the molecule is CCC(C)NC(=O)C1(c2ccc(NS(=O)(=O)c3ccc(Br)s3)cc2)CC1.O=C(O)C(F)(F)F. The van der Waals surface area contributed by atoms with E-state index in [1.807, 2.05) is 26.0 Å². The van der Waals surface area contributed by atoms with Gasteiger partial charge in [-0.1, -0.05) is 19.1 Å². The van der Waals surface area contributed by atoms with E-state index in [2.05, 4.69) is 26.0 Å². The Morgan fingerprint density at radius 2 is 1.73 bits per heavy atom. The van der Waals surface area contributed by atoms with Gasteiger partial charge in [-0.25, -0.2) is 13.2 Å². The van der Waals surface area contributed by atoms with Gasteiger partial charge in [0.05, 0.1) is 9.20 Å². The van der Waals surface area contributed by atoms with Crippen LogP contribution in [0.3, 0.4) is 0 Å². The summed E-state index contributed by atoms with van der Waals surface area (Å²) in [7, 11) is -3.60. The number of halogens is 4. The van der Waals surface area contributed by atoms with E-state index < -0.39 is 27.6 Å². The second-order valence-electron chi connectivity index (χ2n) is 7.41. The standard InChI is InChI=1S/C18H21BrN2O3S2.C2HF3O2/c1-3-12(2)20-17(22)18(10-11-18)13-4-6-14(7-5-13)21-26(23,24)16-9-8-15(19)25-16;3-2(4,5)1(6)7/h4-9,12,21H,3,10-11H2,1-2H3,(H,20,22);(H,6,7). The van der Waals surface area contributed by atoms with Crippen LogP contribution in [0.25, 0.3) is 0 Å². The average Bonchev–Trinajstić information content (AvgIpc) is 3.42. The minimum atomic E-state index is -5.08. The number of carboxylic acid groups (broad SMARTS) is 1. The molecule has 1 saturated carbocycles. The summed E-state index contributed by atoms with van der Waals surface area (Å²) in [6.07, 6.45) is -2.55. The van der Waals surface area contributed by atoms with E-state index in [0.29, 0.717) is 5.69 Å². The Hall–Kier alpha value is -2.12. The molecule has 0 radical (unpaired) electrons. The van der Waals surface area contributed by atoms with Crippen LogP contribution in [-0.4, -0.2) is 37.6 Å². The Morgan fingerprint density at radius 1 is 1.18 bits per heavy atom. The van der Waals surface area contributed by atoms with E-state index in [9.17, 15) is 26.4 Å². The minimum Gasteiger partial charge on any atom is -0.475 e. The van der Waals surface area contributed by atoms with Crippen LogP contribution in [0.4, 0.5) is 18.9 Å². The lowest BCUT2D eigenvalue weighted by molar-refractivity contribution is -0.192. The monoisotopic (exact) mass is 570 g/mol. The molecule has 1 amide bonds. The van der Waals surface area contributed by atoms with Crippen LogP contribution in [0.1, 0.15) is 38.7 Å². The molecule has 1 aromatic carbocycles. The van der Waals surface area contributed by atoms with Gasteiger partial charge in [-0.2, -0.15) is 13.2 Å². The van der Waals surface area contributed by atoms with E-state index in [4.69, 9.17) is 9.90 Å². The number of carbonyl (C=O) groups is 2. The number of thiophene rings is 1. The van der Waals surface area contributed by atoms with Gasteiger partial charge in [-0.3, -0.25) is 9.52 Å². The maximum atomic E-state index is 12.6. The van der Waals surface area contributed by atoms with Crippen molar-refractivity contribution in [2.75, 3.05) is 4.72 Å². The third-order valence-electron chi connectivity index (χ3n) is 4.92. The molecule has 1 aliphatic rings. The first kappa shape index (κ1) is 27.1. The highest BCUT2D eigenvalue weighted by Crippen LogP contribution is 2.48. The molecule has 1 heterocycles. The topological polar surface area (TPSA) is 113 Å². The van der Waals surface area contributed by atoms with Gasteiger partial charge in [-0.05, 0) is 71.9 Å². The molecular formula is C20H22BrF3N2O5S2. The number of hydrogen-bond acceptors (Lipinski definition) is 5. The van der Waals surface area contributed by atoms with Crippen molar-refractivity contribution in [3.8, 4) is 0 Å². The summed E-state index contributed by atoms with van der Waals surface area (Å²) in [6.45, 7) is 4.03. The molecule has 1 atom stereocenters. The molecule has 2 aromatic rings. The van der Waals surface area contributed by atoms with Gasteiger partial charge < -0.3 is 10.4 Å². The van der Waals surface area contributed by atoms with Crippen LogP contribution >= 0.6 is 27.3 Å². The molecular weight excluding hydrogens is 549 g/mol. The lowest BCUT2D eigenvalue weighted by atomic mass is 9.94. The summed E-state index contributed by atoms with van der Waals surface area (Å²) in [5.74, 6) is -2.70. The highest BCUT2D eigenvalue weighted by molar-refractivity contribution is 9.11. The first-order valence-electron chi connectivity index (χ1n) is 9.71. The summed E-state index contributed by atoms with van der Waals surface area (Å²) in [6, 6.07) is 10.5.